The van der Waals surface area contributed by atoms with Crippen LogP contribution in [0.25, 0.3) is 0 Å². The SMILES string of the molecule is C[C@@H]1CO[C@]2(N=C(N)[C@@]3(C#N)[C@](C)(c4ccc(F)cc4)[C@@]23C#N)O1. The fourth-order valence-electron chi connectivity index (χ4n) is 4.61. The van der Waals surface area contributed by atoms with Gasteiger partial charge in [0.05, 0.1) is 24.8 Å². The average molecular weight is 326 g/mol. The van der Waals surface area contributed by atoms with Gasteiger partial charge < -0.3 is 15.2 Å². The first-order valence-electron chi connectivity index (χ1n) is 7.61. The third-order valence-electron chi connectivity index (χ3n) is 5.76. The fourth-order valence-corrected chi connectivity index (χ4v) is 4.61. The standard InChI is InChI=1S/C17H15FN4O2/c1-10-7-23-17(24-10)16(9-20)14(2,11-3-5-12(18)6-4-11)15(16,8-19)13(21)22-17/h3-6,10H,7H2,1-2H3,(H2,21,22)/t10-,14+,15+,16-,17+/m1/s1. The van der Waals surface area contributed by atoms with Gasteiger partial charge in [0, 0.05) is 5.41 Å². The Labute approximate surface area is 138 Å². The molecule has 24 heavy (non-hydrogen) atoms. The van der Waals surface area contributed by atoms with Gasteiger partial charge >= 0.3 is 0 Å². The molecule has 1 saturated carbocycles. The Bertz CT molecular complexity index is 857. The number of hydrogen-bond acceptors (Lipinski definition) is 6. The van der Waals surface area contributed by atoms with Gasteiger partial charge in [-0.3, -0.25) is 0 Å². The van der Waals surface area contributed by atoms with E-state index in [1.807, 2.05) is 0 Å². The molecular formula is C17H15FN4O2. The Kier molecular flexibility index (Phi) is 2.59. The molecule has 2 aliphatic heterocycles. The van der Waals surface area contributed by atoms with Gasteiger partial charge in [-0.25, -0.2) is 9.38 Å². The summed E-state index contributed by atoms with van der Waals surface area (Å²) in [6.07, 6.45) is -0.278. The van der Waals surface area contributed by atoms with Gasteiger partial charge in [0.1, 0.15) is 11.7 Å². The summed E-state index contributed by atoms with van der Waals surface area (Å²) in [5.74, 6) is -1.99. The molecule has 122 valence electrons. The van der Waals surface area contributed by atoms with Crippen molar-refractivity contribution in [2.45, 2.75) is 31.3 Å². The summed E-state index contributed by atoms with van der Waals surface area (Å²) in [6.45, 7) is 3.81. The Morgan fingerprint density at radius 3 is 2.46 bits per heavy atom. The van der Waals surface area contributed by atoms with Crippen molar-refractivity contribution in [1.82, 2.24) is 0 Å². The number of halogens is 1. The first kappa shape index (κ1) is 15.1. The van der Waals surface area contributed by atoms with Gasteiger partial charge in [0.15, 0.2) is 10.8 Å². The quantitative estimate of drug-likeness (QED) is 0.843. The van der Waals surface area contributed by atoms with E-state index in [-0.39, 0.29) is 18.5 Å². The lowest BCUT2D eigenvalue weighted by Crippen LogP contribution is -2.42. The van der Waals surface area contributed by atoms with Gasteiger partial charge in [-0.1, -0.05) is 19.1 Å². The summed E-state index contributed by atoms with van der Waals surface area (Å²) in [6, 6.07) is 10.1. The second kappa shape index (κ2) is 4.13. The predicted octanol–water partition coefficient (Wildman–Crippen LogP) is 1.58. The summed E-state index contributed by atoms with van der Waals surface area (Å²) < 4.78 is 25.0. The minimum absolute atomic E-state index is 0.0208. The molecule has 0 aromatic heterocycles. The molecule has 2 fully saturated rings. The van der Waals surface area contributed by atoms with Crippen LogP contribution in [0.1, 0.15) is 19.4 Å². The van der Waals surface area contributed by atoms with E-state index in [1.54, 1.807) is 26.0 Å². The second-order valence-corrected chi connectivity index (χ2v) is 6.67. The molecule has 3 aliphatic rings. The van der Waals surface area contributed by atoms with Crippen molar-refractivity contribution in [2.24, 2.45) is 21.6 Å². The molecule has 0 bridgehead atoms. The predicted molar refractivity (Wildman–Crippen MR) is 80.7 cm³/mol. The normalized spacial score (nSPS) is 45.4. The fraction of sp³-hybridized carbons (Fsp3) is 0.471. The summed E-state index contributed by atoms with van der Waals surface area (Å²) in [5, 5.41) is 20.0. The van der Waals surface area contributed by atoms with Gasteiger partial charge in [-0.15, -0.1) is 0 Å². The Balaban J connectivity index is 1.98. The van der Waals surface area contributed by atoms with E-state index >= 15 is 0 Å². The highest BCUT2D eigenvalue weighted by molar-refractivity contribution is 6.02. The van der Waals surface area contributed by atoms with Crippen LogP contribution in [0, 0.1) is 39.3 Å². The molecule has 1 saturated heterocycles. The maximum Gasteiger partial charge on any atom is 0.294 e. The number of nitrogens with zero attached hydrogens (tertiary/aromatic N) is 3. The van der Waals surface area contributed by atoms with Crippen LogP contribution in [0.5, 0.6) is 0 Å². The molecule has 5 atom stereocenters. The number of amidine groups is 1. The zero-order chi connectivity index (χ0) is 17.4. The monoisotopic (exact) mass is 326 g/mol. The Hall–Kier alpha value is -2.48. The molecule has 2 N–H and O–H groups in total. The van der Waals surface area contributed by atoms with E-state index in [0.717, 1.165) is 0 Å². The maximum atomic E-state index is 13.3. The number of nitriles is 2. The van der Waals surface area contributed by atoms with E-state index in [0.29, 0.717) is 5.56 Å². The molecule has 7 heteroatoms. The van der Waals surface area contributed by atoms with Crippen molar-refractivity contribution in [2.75, 3.05) is 6.61 Å². The first-order chi connectivity index (χ1) is 11.3. The molecule has 4 rings (SSSR count). The summed E-state index contributed by atoms with van der Waals surface area (Å²) in [5.41, 5.74) is 2.91. The second-order valence-electron chi connectivity index (χ2n) is 6.67. The van der Waals surface area contributed by atoms with Crippen molar-refractivity contribution >= 4 is 5.84 Å². The molecule has 1 aromatic rings. The zero-order valence-electron chi connectivity index (χ0n) is 13.2. The first-order valence-corrected chi connectivity index (χ1v) is 7.61. The van der Waals surface area contributed by atoms with Crippen LogP contribution in [0.2, 0.25) is 0 Å². The van der Waals surface area contributed by atoms with Crippen molar-refractivity contribution in [3.05, 3.63) is 35.6 Å². The third-order valence-corrected chi connectivity index (χ3v) is 5.76. The molecule has 0 radical (unpaired) electrons. The van der Waals surface area contributed by atoms with E-state index in [9.17, 15) is 14.9 Å². The lowest BCUT2D eigenvalue weighted by molar-refractivity contribution is -0.196. The number of nitrogens with two attached hydrogens (primary N) is 1. The maximum absolute atomic E-state index is 13.3. The van der Waals surface area contributed by atoms with Gasteiger partial charge in [0.2, 0.25) is 0 Å². The van der Waals surface area contributed by atoms with Crippen LogP contribution < -0.4 is 5.73 Å². The number of rotatable bonds is 1. The Morgan fingerprint density at radius 2 is 1.96 bits per heavy atom. The van der Waals surface area contributed by atoms with E-state index in [2.05, 4.69) is 17.1 Å². The lowest BCUT2D eigenvalue weighted by Gasteiger charge is -2.30. The van der Waals surface area contributed by atoms with Crippen molar-refractivity contribution in [1.29, 1.82) is 10.5 Å². The van der Waals surface area contributed by atoms with E-state index in [4.69, 9.17) is 15.2 Å². The Morgan fingerprint density at radius 1 is 1.29 bits per heavy atom. The van der Waals surface area contributed by atoms with Crippen molar-refractivity contribution < 1.29 is 13.9 Å². The lowest BCUT2D eigenvalue weighted by atomic mass is 9.84. The van der Waals surface area contributed by atoms with Gasteiger partial charge in [-0.2, -0.15) is 10.5 Å². The molecule has 2 heterocycles. The van der Waals surface area contributed by atoms with Crippen LogP contribution in [0.15, 0.2) is 29.3 Å². The average Bonchev–Trinajstić information content (AvgIpc) is 2.75. The van der Waals surface area contributed by atoms with Crippen LogP contribution in [-0.4, -0.2) is 24.5 Å². The minimum Gasteiger partial charge on any atom is -0.386 e. The molecule has 1 aromatic carbocycles. The topological polar surface area (TPSA) is 104 Å². The van der Waals surface area contributed by atoms with E-state index < -0.39 is 28.0 Å². The van der Waals surface area contributed by atoms with Crippen LogP contribution >= 0.6 is 0 Å². The molecular weight excluding hydrogens is 311 g/mol. The van der Waals surface area contributed by atoms with Gasteiger partial charge in [0.25, 0.3) is 5.91 Å². The van der Waals surface area contributed by atoms with Crippen LogP contribution in [0.3, 0.4) is 0 Å². The van der Waals surface area contributed by atoms with Gasteiger partial charge in [-0.05, 0) is 24.6 Å². The minimum atomic E-state index is -1.61. The third kappa shape index (κ3) is 1.17. The number of aliphatic imine (C=N–C) groups is 1. The van der Waals surface area contributed by atoms with Crippen molar-refractivity contribution in [3.8, 4) is 12.1 Å². The zero-order valence-corrected chi connectivity index (χ0v) is 13.2. The summed E-state index contributed by atoms with van der Waals surface area (Å²) in [7, 11) is 0. The molecule has 6 nitrogen and oxygen atoms in total. The molecule has 0 unspecified atom stereocenters. The highest BCUT2D eigenvalue weighted by Crippen LogP contribution is 2.85. The summed E-state index contributed by atoms with van der Waals surface area (Å²) in [4.78, 5) is 4.26. The van der Waals surface area contributed by atoms with Crippen LogP contribution in [0.4, 0.5) is 4.39 Å². The highest BCUT2D eigenvalue weighted by Gasteiger charge is 3.00. The summed E-state index contributed by atoms with van der Waals surface area (Å²) >= 11 is 0. The largest absolute Gasteiger partial charge is 0.386 e. The number of hydrogen-bond donors (Lipinski definition) is 1. The highest BCUT2D eigenvalue weighted by atomic mass is 19.1. The molecule has 1 aliphatic carbocycles. The smallest absolute Gasteiger partial charge is 0.294 e. The molecule has 0 amide bonds. The number of ether oxygens (including phenoxy) is 2. The number of benzene rings is 1. The van der Waals surface area contributed by atoms with Crippen LogP contribution in [-0.2, 0) is 14.9 Å². The van der Waals surface area contributed by atoms with E-state index in [1.165, 1.54) is 12.1 Å². The molecule has 1 spiro atoms. The van der Waals surface area contributed by atoms with Crippen molar-refractivity contribution in [3.63, 3.8) is 0 Å². The number of fused-ring (bicyclic) bond motifs is 2.